The lowest BCUT2D eigenvalue weighted by atomic mass is 10.0. The van der Waals surface area contributed by atoms with Crippen LogP contribution in [-0.4, -0.2) is 37.5 Å². The minimum atomic E-state index is 0.741. The summed E-state index contributed by atoms with van der Waals surface area (Å²) in [5.74, 6) is 1.48. The largest absolute Gasteiger partial charge is 0.345 e. The first-order chi connectivity index (χ1) is 4.90. The topological polar surface area (TPSA) is 32.3 Å². The SMILES string of the molecule is O=CN1C[C@@H]2CNC[C@H]2C1. The average molecular weight is 140 g/mol. The van der Waals surface area contributed by atoms with Crippen molar-refractivity contribution in [1.29, 1.82) is 0 Å². The summed E-state index contributed by atoms with van der Waals surface area (Å²) in [6.45, 7) is 4.16. The van der Waals surface area contributed by atoms with Gasteiger partial charge in [-0.3, -0.25) is 4.79 Å². The highest BCUT2D eigenvalue weighted by atomic mass is 16.1. The van der Waals surface area contributed by atoms with Crippen molar-refractivity contribution in [1.82, 2.24) is 10.2 Å². The van der Waals surface area contributed by atoms with E-state index in [-0.39, 0.29) is 0 Å². The van der Waals surface area contributed by atoms with Crippen LogP contribution in [-0.2, 0) is 4.79 Å². The van der Waals surface area contributed by atoms with Crippen LogP contribution in [0.1, 0.15) is 0 Å². The molecular formula is C7H12N2O. The number of hydrogen-bond donors (Lipinski definition) is 1. The predicted molar refractivity (Wildman–Crippen MR) is 37.5 cm³/mol. The van der Waals surface area contributed by atoms with E-state index in [4.69, 9.17) is 0 Å². The van der Waals surface area contributed by atoms with E-state index in [1.807, 2.05) is 4.90 Å². The molecule has 2 saturated heterocycles. The van der Waals surface area contributed by atoms with Gasteiger partial charge in [-0.15, -0.1) is 0 Å². The molecule has 2 aliphatic rings. The summed E-state index contributed by atoms with van der Waals surface area (Å²) in [6, 6.07) is 0. The third-order valence-corrected chi connectivity index (χ3v) is 2.57. The lowest BCUT2D eigenvalue weighted by molar-refractivity contribution is -0.117. The number of carbonyl (C=O) groups excluding carboxylic acids is 1. The Balaban J connectivity index is 1.99. The first-order valence-corrected chi connectivity index (χ1v) is 3.80. The summed E-state index contributed by atoms with van der Waals surface area (Å²) in [7, 11) is 0. The molecule has 56 valence electrons. The summed E-state index contributed by atoms with van der Waals surface area (Å²) >= 11 is 0. The fourth-order valence-electron chi connectivity index (χ4n) is 1.98. The minimum absolute atomic E-state index is 0.741. The molecule has 0 spiro atoms. The Kier molecular flexibility index (Phi) is 1.38. The fourth-order valence-corrected chi connectivity index (χ4v) is 1.98. The number of carbonyl (C=O) groups is 1. The molecule has 0 saturated carbocycles. The summed E-state index contributed by atoms with van der Waals surface area (Å²) in [5.41, 5.74) is 0. The molecule has 0 aromatic rings. The zero-order chi connectivity index (χ0) is 6.97. The van der Waals surface area contributed by atoms with Crippen molar-refractivity contribution in [2.24, 2.45) is 11.8 Å². The maximum atomic E-state index is 10.3. The molecule has 0 radical (unpaired) electrons. The van der Waals surface area contributed by atoms with E-state index in [0.29, 0.717) is 0 Å². The number of nitrogens with one attached hydrogen (secondary N) is 1. The maximum Gasteiger partial charge on any atom is 0.209 e. The van der Waals surface area contributed by atoms with E-state index in [2.05, 4.69) is 5.32 Å². The molecule has 0 unspecified atom stereocenters. The van der Waals surface area contributed by atoms with Gasteiger partial charge >= 0.3 is 0 Å². The van der Waals surface area contributed by atoms with E-state index >= 15 is 0 Å². The van der Waals surface area contributed by atoms with Gasteiger partial charge in [0.25, 0.3) is 0 Å². The second-order valence-corrected chi connectivity index (χ2v) is 3.24. The van der Waals surface area contributed by atoms with Gasteiger partial charge in [-0.05, 0) is 11.8 Å². The zero-order valence-corrected chi connectivity index (χ0v) is 5.92. The molecule has 0 aromatic heterocycles. The Hall–Kier alpha value is -0.570. The molecule has 2 heterocycles. The van der Waals surface area contributed by atoms with Gasteiger partial charge in [0, 0.05) is 26.2 Å². The molecule has 1 amide bonds. The molecule has 0 aromatic carbocycles. The van der Waals surface area contributed by atoms with Crippen LogP contribution in [0.2, 0.25) is 0 Å². The third-order valence-electron chi connectivity index (χ3n) is 2.57. The van der Waals surface area contributed by atoms with Crippen molar-refractivity contribution in [2.75, 3.05) is 26.2 Å². The van der Waals surface area contributed by atoms with Gasteiger partial charge in [0.05, 0.1) is 0 Å². The molecule has 1 N–H and O–H groups in total. The smallest absolute Gasteiger partial charge is 0.209 e. The Morgan fingerprint density at radius 2 is 1.90 bits per heavy atom. The van der Waals surface area contributed by atoms with Crippen molar-refractivity contribution in [3.63, 3.8) is 0 Å². The highest BCUT2D eigenvalue weighted by molar-refractivity contribution is 5.47. The van der Waals surface area contributed by atoms with Crippen molar-refractivity contribution in [3.8, 4) is 0 Å². The van der Waals surface area contributed by atoms with E-state index in [9.17, 15) is 4.79 Å². The molecule has 2 aliphatic heterocycles. The van der Waals surface area contributed by atoms with Crippen LogP contribution in [0.3, 0.4) is 0 Å². The second-order valence-electron chi connectivity index (χ2n) is 3.24. The Morgan fingerprint density at radius 1 is 1.30 bits per heavy atom. The number of likely N-dealkylation sites (tertiary alicyclic amines) is 1. The normalized spacial score (nSPS) is 38.2. The summed E-state index contributed by atoms with van der Waals surface area (Å²) in [5, 5.41) is 3.33. The standard InChI is InChI=1S/C7H12N2O/c10-5-9-3-6-1-8-2-7(6)4-9/h5-8H,1-4H2/t6-,7-/m0/s1. The second kappa shape index (κ2) is 2.23. The Morgan fingerprint density at radius 3 is 2.40 bits per heavy atom. The lowest BCUT2D eigenvalue weighted by Gasteiger charge is -2.08. The molecule has 2 rings (SSSR count). The van der Waals surface area contributed by atoms with Crippen LogP contribution in [0.5, 0.6) is 0 Å². The van der Waals surface area contributed by atoms with Gasteiger partial charge in [-0.2, -0.15) is 0 Å². The van der Waals surface area contributed by atoms with Crippen LogP contribution in [0, 0.1) is 11.8 Å². The quantitative estimate of drug-likeness (QED) is 0.488. The van der Waals surface area contributed by atoms with E-state index in [1.54, 1.807) is 0 Å². The van der Waals surface area contributed by atoms with Crippen molar-refractivity contribution in [2.45, 2.75) is 0 Å². The molecule has 3 heteroatoms. The first kappa shape index (κ1) is 6.16. The van der Waals surface area contributed by atoms with Crippen molar-refractivity contribution < 1.29 is 4.79 Å². The van der Waals surface area contributed by atoms with E-state index in [1.165, 1.54) is 0 Å². The van der Waals surface area contributed by atoms with E-state index in [0.717, 1.165) is 44.4 Å². The number of nitrogens with zero attached hydrogens (tertiary/aromatic N) is 1. The van der Waals surface area contributed by atoms with Gasteiger partial charge in [0.1, 0.15) is 0 Å². The van der Waals surface area contributed by atoms with Gasteiger partial charge in [0.15, 0.2) is 0 Å². The fraction of sp³-hybridized carbons (Fsp3) is 0.857. The lowest BCUT2D eigenvalue weighted by Crippen LogP contribution is -2.24. The molecule has 3 nitrogen and oxygen atoms in total. The number of hydrogen-bond acceptors (Lipinski definition) is 2. The first-order valence-electron chi connectivity index (χ1n) is 3.80. The highest BCUT2D eigenvalue weighted by Gasteiger charge is 2.35. The monoisotopic (exact) mass is 140 g/mol. The molecule has 2 atom stereocenters. The van der Waals surface area contributed by atoms with Crippen LogP contribution >= 0.6 is 0 Å². The molecule has 0 bridgehead atoms. The molecular weight excluding hydrogens is 128 g/mol. The summed E-state index contributed by atoms with van der Waals surface area (Å²) < 4.78 is 0. The van der Waals surface area contributed by atoms with Crippen LogP contribution in [0.25, 0.3) is 0 Å². The van der Waals surface area contributed by atoms with Crippen LogP contribution in [0.4, 0.5) is 0 Å². The van der Waals surface area contributed by atoms with Gasteiger partial charge in [0.2, 0.25) is 6.41 Å². The number of amides is 1. The van der Waals surface area contributed by atoms with Crippen LogP contribution < -0.4 is 5.32 Å². The highest BCUT2D eigenvalue weighted by Crippen LogP contribution is 2.24. The summed E-state index contributed by atoms with van der Waals surface area (Å²) in [4.78, 5) is 12.2. The van der Waals surface area contributed by atoms with Crippen molar-refractivity contribution in [3.05, 3.63) is 0 Å². The number of rotatable bonds is 1. The maximum absolute atomic E-state index is 10.3. The average Bonchev–Trinajstić information content (AvgIpc) is 2.42. The summed E-state index contributed by atoms with van der Waals surface area (Å²) in [6.07, 6.45) is 0.971. The number of fused-ring (bicyclic) bond motifs is 1. The van der Waals surface area contributed by atoms with Crippen LogP contribution in [0.15, 0.2) is 0 Å². The molecule has 10 heavy (non-hydrogen) atoms. The predicted octanol–water partition coefficient (Wildman–Crippen LogP) is -0.706. The van der Waals surface area contributed by atoms with Gasteiger partial charge in [-0.1, -0.05) is 0 Å². The minimum Gasteiger partial charge on any atom is -0.345 e. The Labute approximate surface area is 60.4 Å². The molecule has 0 aliphatic carbocycles. The zero-order valence-electron chi connectivity index (χ0n) is 5.92. The van der Waals surface area contributed by atoms with Gasteiger partial charge < -0.3 is 10.2 Å². The van der Waals surface area contributed by atoms with Gasteiger partial charge in [-0.25, -0.2) is 0 Å². The van der Waals surface area contributed by atoms with E-state index < -0.39 is 0 Å². The molecule has 2 fully saturated rings. The third kappa shape index (κ3) is 0.814. The Bertz CT molecular complexity index is 137. The van der Waals surface area contributed by atoms with Crippen molar-refractivity contribution >= 4 is 6.41 Å².